The van der Waals surface area contributed by atoms with E-state index in [1.54, 1.807) is 23.7 Å². The van der Waals surface area contributed by atoms with E-state index in [0.717, 1.165) is 21.8 Å². The zero-order valence-corrected chi connectivity index (χ0v) is 16.2. The second kappa shape index (κ2) is 8.19. The average Bonchev–Trinajstić information content (AvgIpc) is 3.40. The van der Waals surface area contributed by atoms with Crippen LogP contribution in [0, 0.1) is 6.92 Å². The summed E-state index contributed by atoms with van der Waals surface area (Å²) in [4.78, 5) is 20.8. The molecule has 0 radical (unpaired) electrons. The van der Waals surface area contributed by atoms with Crippen molar-refractivity contribution < 1.29 is 9.21 Å². The van der Waals surface area contributed by atoms with Crippen molar-refractivity contribution in [3.8, 4) is 21.9 Å². The fourth-order valence-electron chi connectivity index (χ4n) is 2.78. The quantitative estimate of drug-likeness (QED) is 0.483. The first-order valence-electron chi connectivity index (χ1n) is 8.99. The Morgan fingerprint density at radius 2 is 1.79 bits per heavy atom. The molecule has 1 amide bonds. The van der Waals surface area contributed by atoms with Gasteiger partial charge in [0.2, 0.25) is 5.91 Å². The van der Waals surface area contributed by atoms with Gasteiger partial charge in [-0.05, 0) is 31.2 Å². The van der Waals surface area contributed by atoms with Crippen LogP contribution < -0.4 is 5.32 Å². The number of amides is 1. The number of anilines is 1. The van der Waals surface area contributed by atoms with Gasteiger partial charge in [-0.3, -0.25) is 4.79 Å². The summed E-state index contributed by atoms with van der Waals surface area (Å²) in [5, 5.41) is 5.81. The summed E-state index contributed by atoms with van der Waals surface area (Å²) < 4.78 is 5.77. The Kier molecular flexibility index (Phi) is 5.30. The van der Waals surface area contributed by atoms with Crippen LogP contribution in [0.1, 0.15) is 17.9 Å². The van der Waals surface area contributed by atoms with Gasteiger partial charge in [0.25, 0.3) is 0 Å². The number of thiazole rings is 1. The third-order valence-corrected chi connectivity index (χ3v) is 5.13. The number of hydrogen-bond acceptors (Lipinski definition) is 5. The minimum Gasteiger partial charge on any atom is -0.441 e. The predicted octanol–water partition coefficient (Wildman–Crippen LogP) is 5.34. The van der Waals surface area contributed by atoms with Crippen molar-refractivity contribution in [3.05, 3.63) is 77.8 Å². The second-order valence-corrected chi connectivity index (χ2v) is 7.34. The van der Waals surface area contributed by atoms with Gasteiger partial charge in [0.05, 0.1) is 6.20 Å². The van der Waals surface area contributed by atoms with Crippen molar-refractivity contribution in [2.45, 2.75) is 19.8 Å². The monoisotopic (exact) mass is 389 g/mol. The molecule has 0 saturated heterocycles. The Balaban J connectivity index is 1.31. The van der Waals surface area contributed by atoms with Gasteiger partial charge in [0.1, 0.15) is 5.01 Å². The number of hydrogen-bond donors (Lipinski definition) is 1. The summed E-state index contributed by atoms with van der Waals surface area (Å²) in [6, 6.07) is 15.7. The van der Waals surface area contributed by atoms with Gasteiger partial charge in [-0.1, -0.05) is 29.8 Å². The van der Waals surface area contributed by atoms with Crippen LogP contribution in [-0.4, -0.2) is 15.9 Å². The first kappa shape index (κ1) is 18.1. The zero-order chi connectivity index (χ0) is 19.3. The van der Waals surface area contributed by atoms with Crippen LogP contribution in [0.4, 0.5) is 5.69 Å². The highest BCUT2D eigenvalue weighted by Crippen LogP contribution is 2.24. The summed E-state index contributed by atoms with van der Waals surface area (Å²) >= 11 is 1.59. The summed E-state index contributed by atoms with van der Waals surface area (Å²) in [5.74, 6) is 1.20. The highest BCUT2D eigenvalue weighted by Gasteiger charge is 2.10. The minimum atomic E-state index is -0.0721. The molecule has 0 spiro atoms. The summed E-state index contributed by atoms with van der Waals surface area (Å²) in [6.45, 7) is 2.04. The molecule has 5 nitrogen and oxygen atoms in total. The molecule has 0 atom stereocenters. The lowest BCUT2D eigenvalue weighted by atomic mass is 10.1. The molecule has 28 heavy (non-hydrogen) atoms. The maximum absolute atomic E-state index is 12.2. The Labute approximate surface area is 167 Å². The van der Waals surface area contributed by atoms with E-state index in [0.29, 0.717) is 24.5 Å². The molecular weight excluding hydrogens is 370 g/mol. The molecule has 6 heteroatoms. The van der Waals surface area contributed by atoms with Gasteiger partial charge in [-0.2, -0.15) is 0 Å². The van der Waals surface area contributed by atoms with Gasteiger partial charge in [-0.25, -0.2) is 9.97 Å². The lowest BCUT2D eigenvalue weighted by Crippen LogP contribution is -2.12. The normalized spacial score (nSPS) is 10.8. The number of oxazole rings is 1. The third kappa shape index (κ3) is 4.35. The maximum atomic E-state index is 12.2. The predicted molar refractivity (Wildman–Crippen MR) is 111 cm³/mol. The summed E-state index contributed by atoms with van der Waals surface area (Å²) in [6.07, 6.45) is 4.24. The second-order valence-electron chi connectivity index (χ2n) is 6.45. The average molecular weight is 389 g/mol. The molecular formula is C22H19N3O2S. The fraction of sp³-hybridized carbons (Fsp3) is 0.136. The maximum Gasteiger partial charge on any atom is 0.224 e. The van der Waals surface area contributed by atoms with E-state index in [1.807, 2.05) is 60.8 Å². The standard InChI is InChI=1S/C22H19N3O2S/c1-15-2-4-16(5-3-15)19-14-24-21(27-19)11-10-20(26)25-18-8-6-17(7-9-18)22-23-12-13-28-22/h2-9,12-14H,10-11H2,1H3,(H,25,26). The van der Waals surface area contributed by atoms with Crippen molar-refractivity contribution in [1.29, 1.82) is 0 Å². The van der Waals surface area contributed by atoms with E-state index >= 15 is 0 Å². The first-order valence-corrected chi connectivity index (χ1v) is 9.87. The zero-order valence-electron chi connectivity index (χ0n) is 15.4. The van der Waals surface area contributed by atoms with E-state index in [2.05, 4.69) is 15.3 Å². The third-order valence-electron chi connectivity index (χ3n) is 4.30. The molecule has 0 unspecified atom stereocenters. The summed E-state index contributed by atoms with van der Waals surface area (Å²) in [5.41, 5.74) is 3.98. The molecule has 1 N–H and O–H groups in total. The van der Waals surface area contributed by atoms with Gasteiger partial charge < -0.3 is 9.73 Å². The molecule has 0 aliphatic carbocycles. The number of nitrogens with one attached hydrogen (secondary N) is 1. The Hall–Kier alpha value is -3.25. The van der Waals surface area contributed by atoms with Gasteiger partial charge >= 0.3 is 0 Å². The number of nitrogens with zero attached hydrogens (tertiary/aromatic N) is 2. The van der Waals surface area contributed by atoms with Crippen LogP contribution in [0.3, 0.4) is 0 Å². The van der Waals surface area contributed by atoms with Gasteiger partial charge in [-0.15, -0.1) is 11.3 Å². The number of carbonyl (C=O) groups is 1. The van der Waals surface area contributed by atoms with Crippen LogP contribution in [0.15, 0.2) is 70.7 Å². The molecule has 0 bridgehead atoms. The van der Waals surface area contributed by atoms with E-state index in [4.69, 9.17) is 4.42 Å². The van der Waals surface area contributed by atoms with E-state index in [-0.39, 0.29) is 5.91 Å². The SMILES string of the molecule is Cc1ccc(-c2cnc(CCC(=O)Nc3ccc(-c4nccs4)cc3)o2)cc1. The van der Waals surface area contributed by atoms with Crippen LogP contribution in [0.2, 0.25) is 0 Å². The van der Waals surface area contributed by atoms with Gasteiger partial charge in [0, 0.05) is 41.2 Å². The molecule has 2 heterocycles. The molecule has 0 aliphatic heterocycles. The number of aryl methyl sites for hydroxylation is 2. The van der Waals surface area contributed by atoms with Crippen molar-refractivity contribution in [1.82, 2.24) is 9.97 Å². The van der Waals surface area contributed by atoms with Crippen molar-refractivity contribution in [2.75, 3.05) is 5.32 Å². The van der Waals surface area contributed by atoms with Crippen LogP contribution >= 0.6 is 11.3 Å². The van der Waals surface area contributed by atoms with Crippen molar-refractivity contribution >= 4 is 22.9 Å². The van der Waals surface area contributed by atoms with Crippen molar-refractivity contribution in [2.24, 2.45) is 0 Å². The summed E-state index contributed by atoms with van der Waals surface area (Å²) in [7, 11) is 0. The Bertz CT molecular complexity index is 1050. The number of carbonyl (C=O) groups excluding carboxylic acids is 1. The fourth-order valence-corrected chi connectivity index (χ4v) is 3.43. The molecule has 0 fully saturated rings. The molecule has 4 rings (SSSR count). The molecule has 4 aromatic rings. The molecule has 2 aromatic carbocycles. The lowest BCUT2D eigenvalue weighted by Gasteiger charge is -2.05. The van der Waals surface area contributed by atoms with Crippen molar-refractivity contribution in [3.63, 3.8) is 0 Å². The Morgan fingerprint density at radius 1 is 1.04 bits per heavy atom. The molecule has 0 saturated carbocycles. The van der Waals surface area contributed by atoms with Crippen LogP contribution in [0.25, 0.3) is 21.9 Å². The topological polar surface area (TPSA) is 68.0 Å². The largest absolute Gasteiger partial charge is 0.441 e. The van der Waals surface area contributed by atoms with Gasteiger partial charge in [0.15, 0.2) is 11.7 Å². The first-order chi connectivity index (χ1) is 13.7. The highest BCUT2D eigenvalue weighted by atomic mass is 32.1. The van der Waals surface area contributed by atoms with Crippen LogP contribution in [-0.2, 0) is 11.2 Å². The van der Waals surface area contributed by atoms with E-state index < -0.39 is 0 Å². The minimum absolute atomic E-state index is 0.0721. The highest BCUT2D eigenvalue weighted by molar-refractivity contribution is 7.13. The van der Waals surface area contributed by atoms with E-state index in [1.165, 1.54) is 5.56 Å². The van der Waals surface area contributed by atoms with E-state index in [9.17, 15) is 4.79 Å². The number of rotatable bonds is 6. The smallest absolute Gasteiger partial charge is 0.224 e. The number of benzene rings is 2. The molecule has 140 valence electrons. The van der Waals surface area contributed by atoms with Crippen LogP contribution in [0.5, 0.6) is 0 Å². The number of aromatic nitrogens is 2. The Morgan fingerprint density at radius 3 is 2.50 bits per heavy atom. The lowest BCUT2D eigenvalue weighted by molar-refractivity contribution is -0.116. The molecule has 0 aliphatic rings. The molecule has 2 aromatic heterocycles.